The van der Waals surface area contributed by atoms with Gasteiger partial charge in [0, 0.05) is 11.1 Å². The second-order valence-corrected chi connectivity index (χ2v) is 5.15. The van der Waals surface area contributed by atoms with Crippen molar-refractivity contribution in [2.24, 2.45) is 0 Å². The van der Waals surface area contributed by atoms with Gasteiger partial charge in [-0.05, 0) is 30.2 Å². The molecule has 2 aromatic rings. The molecule has 0 spiro atoms. The van der Waals surface area contributed by atoms with Crippen LogP contribution in [0, 0.1) is 11.8 Å². The largest absolute Gasteiger partial charge is 0.497 e. The Labute approximate surface area is 150 Å². The molecule has 26 heavy (non-hydrogen) atoms. The molecule has 0 N–H and O–H groups in total. The van der Waals surface area contributed by atoms with Gasteiger partial charge in [-0.2, -0.15) is 4.79 Å². The van der Waals surface area contributed by atoms with E-state index < -0.39 is 29.5 Å². The monoisotopic (exact) mass is 346 g/mol. The van der Waals surface area contributed by atoms with Gasteiger partial charge in [0.2, 0.25) is 5.78 Å². The molecule has 128 valence electrons. The quantitative estimate of drug-likeness (QED) is 0.200. The normalized spacial score (nSPS) is 9.27. The molecule has 0 unspecified atom stereocenters. The van der Waals surface area contributed by atoms with Crippen LogP contribution in [0.25, 0.3) is 5.53 Å². The average molecular weight is 346 g/mol. The Kier molecular flexibility index (Phi) is 6.33. The summed E-state index contributed by atoms with van der Waals surface area (Å²) < 4.78 is 5.02. The number of carbonyl (C=O) groups excluding carboxylic acids is 3. The van der Waals surface area contributed by atoms with Gasteiger partial charge in [0.1, 0.15) is 5.75 Å². The van der Waals surface area contributed by atoms with E-state index in [0.29, 0.717) is 11.3 Å². The molecular formula is C20H14N2O4. The van der Waals surface area contributed by atoms with Crippen LogP contribution in [0.15, 0.2) is 54.6 Å². The predicted octanol–water partition coefficient (Wildman–Crippen LogP) is 2.13. The zero-order chi connectivity index (χ0) is 18.9. The lowest BCUT2D eigenvalue weighted by Gasteiger charge is -1.97. The van der Waals surface area contributed by atoms with Gasteiger partial charge in [-0.15, -0.1) is 0 Å². The molecule has 0 saturated carbocycles. The van der Waals surface area contributed by atoms with E-state index in [0.717, 1.165) is 0 Å². The van der Waals surface area contributed by atoms with E-state index in [-0.39, 0.29) is 5.56 Å². The molecular weight excluding hydrogens is 332 g/mol. The Morgan fingerprint density at radius 1 is 1.04 bits per heavy atom. The number of ether oxygens (including phenoxy) is 1. The Morgan fingerprint density at radius 2 is 1.69 bits per heavy atom. The summed E-state index contributed by atoms with van der Waals surface area (Å²) in [7, 11) is 1.53. The third kappa shape index (κ3) is 4.84. The molecule has 2 rings (SSSR count). The highest BCUT2D eigenvalue weighted by Crippen LogP contribution is 2.10. The molecule has 0 aliphatic heterocycles. The third-order valence-electron chi connectivity index (χ3n) is 3.37. The van der Waals surface area contributed by atoms with Crippen molar-refractivity contribution in [2.45, 2.75) is 6.42 Å². The first-order valence-electron chi connectivity index (χ1n) is 7.59. The Balaban J connectivity index is 2.06. The van der Waals surface area contributed by atoms with Crippen LogP contribution in [0.5, 0.6) is 5.75 Å². The van der Waals surface area contributed by atoms with Crippen LogP contribution < -0.4 is 4.74 Å². The highest BCUT2D eigenvalue weighted by atomic mass is 16.5. The summed E-state index contributed by atoms with van der Waals surface area (Å²) in [5.74, 6) is 3.27. The number of hydrogen-bond acceptors (Lipinski definition) is 4. The van der Waals surface area contributed by atoms with Gasteiger partial charge in [-0.25, -0.2) is 0 Å². The summed E-state index contributed by atoms with van der Waals surface area (Å²) in [4.78, 5) is 38.9. The van der Waals surface area contributed by atoms with Crippen molar-refractivity contribution in [1.82, 2.24) is 0 Å². The molecule has 0 fully saturated rings. The average Bonchev–Trinajstić information content (AvgIpc) is 2.68. The second kappa shape index (κ2) is 8.88. The highest BCUT2D eigenvalue weighted by molar-refractivity contribution is 6.68. The lowest BCUT2D eigenvalue weighted by Crippen LogP contribution is -2.27. The number of ketones is 3. The molecule has 6 heteroatoms. The van der Waals surface area contributed by atoms with Crippen molar-refractivity contribution >= 4 is 23.1 Å². The maximum atomic E-state index is 12.2. The van der Waals surface area contributed by atoms with Crippen LogP contribution in [0.1, 0.15) is 22.3 Å². The fraction of sp³-hybridized carbons (Fsp3) is 0.100. The Bertz CT molecular complexity index is 945. The summed E-state index contributed by atoms with van der Waals surface area (Å²) >= 11 is 0. The van der Waals surface area contributed by atoms with Crippen molar-refractivity contribution in [1.29, 1.82) is 0 Å². The fourth-order valence-electron chi connectivity index (χ4n) is 2.04. The van der Waals surface area contributed by atoms with E-state index in [1.54, 1.807) is 42.5 Å². The highest BCUT2D eigenvalue weighted by Gasteiger charge is 2.31. The van der Waals surface area contributed by atoms with Crippen LogP contribution in [-0.4, -0.2) is 35.0 Å². The minimum atomic E-state index is -0.893. The summed E-state index contributed by atoms with van der Waals surface area (Å²) in [5, 5.41) is 0. The first kappa shape index (κ1) is 18.5. The van der Waals surface area contributed by atoms with Crippen molar-refractivity contribution in [2.75, 3.05) is 7.11 Å². The number of hydrogen-bond donors (Lipinski definition) is 0. The topological polar surface area (TPSA) is 96.8 Å². The minimum absolute atomic E-state index is 0.186. The number of carbonyl (C=O) groups is 3. The Hall–Kier alpha value is -3.81. The van der Waals surface area contributed by atoms with Crippen molar-refractivity contribution in [3.8, 4) is 17.6 Å². The SMILES string of the molecule is COc1ccc(C#CC(=O)CC(=O)C(=[N+]=[N-])C(=O)c2ccccc2)cc1. The van der Waals surface area contributed by atoms with E-state index in [2.05, 4.69) is 16.6 Å². The van der Waals surface area contributed by atoms with E-state index >= 15 is 0 Å². The van der Waals surface area contributed by atoms with Crippen LogP contribution >= 0.6 is 0 Å². The lowest BCUT2D eigenvalue weighted by molar-refractivity contribution is -0.122. The van der Waals surface area contributed by atoms with Crippen molar-refractivity contribution in [3.63, 3.8) is 0 Å². The smallest absolute Gasteiger partial charge is 0.405 e. The molecule has 0 aromatic heterocycles. The summed E-state index contributed by atoms with van der Waals surface area (Å²) in [5.41, 5.74) is 9.04. The van der Waals surface area contributed by atoms with Gasteiger partial charge >= 0.3 is 5.71 Å². The lowest BCUT2D eigenvalue weighted by atomic mass is 10.0. The van der Waals surface area contributed by atoms with Gasteiger partial charge in [0.15, 0.2) is 0 Å². The molecule has 0 heterocycles. The van der Waals surface area contributed by atoms with Crippen molar-refractivity contribution in [3.05, 3.63) is 71.3 Å². The molecule has 0 aliphatic carbocycles. The summed E-state index contributed by atoms with van der Waals surface area (Å²) in [6, 6.07) is 14.6. The maximum absolute atomic E-state index is 12.2. The molecule has 0 radical (unpaired) electrons. The van der Waals surface area contributed by atoms with Gasteiger partial charge in [-0.3, -0.25) is 14.4 Å². The molecule has 0 atom stereocenters. The van der Waals surface area contributed by atoms with E-state index in [9.17, 15) is 14.4 Å². The minimum Gasteiger partial charge on any atom is -0.497 e. The predicted molar refractivity (Wildman–Crippen MR) is 93.9 cm³/mol. The molecule has 0 aliphatic rings. The van der Waals surface area contributed by atoms with Crippen LogP contribution in [-0.2, 0) is 9.59 Å². The van der Waals surface area contributed by atoms with Crippen LogP contribution in [0.4, 0.5) is 0 Å². The number of nitrogens with zero attached hydrogens (tertiary/aromatic N) is 2. The number of Topliss-reactive ketones (excluding diaryl/α,β-unsaturated/α-hetero) is 3. The molecule has 0 saturated heterocycles. The maximum Gasteiger partial charge on any atom is 0.405 e. The van der Waals surface area contributed by atoms with Crippen LogP contribution in [0.2, 0.25) is 0 Å². The molecule has 0 amide bonds. The first-order valence-corrected chi connectivity index (χ1v) is 7.59. The van der Waals surface area contributed by atoms with Gasteiger partial charge < -0.3 is 10.3 Å². The number of rotatable bonds is 6. The van der Waals surface area contributed by atoms with E-state index in [1.165, 1.54) is 19.2 Å². The fourth-order valence-corrected chi connectivity index (χ4v) is 2.04. The van der Waals surface area contributed by atoms with Gasteiger partial charge in [0.05, 0.1) is 13.5 Å². The van der Waals surface area contributed by atoms with E-state index in [4.69, 9.17) is 10.3 Å². The molecule has 6 nitrogen and oxygen atoms in total. The van der Waals surface area contributed by atoms with Crippen LogP contribution in [0.3, 0.4) is 0 Å². The van der Waals surface area contributed by atoms with Crippen molar-refractivity contribution < 1.29 is 23.9 Å². The number of benzene rings is 2. The van der Waals surface area contributed by atoms with Gasteiger partial charge in [0.25, 0.3) is 11.6 Å². The summed E-state index contributed by atoms with van der Waals surface area (Å²) in [6.45, 7) is 0. The number of methoxy groups -OCH3 is 1. The first-order chi connectivity index (χ1) is 12.5. The summed E-state index contributed by atoms with van der Waals surface area (Å²) in [6.07, 6.45) is -0.652. The zero-order valence-electron chi connectivity index (χ0n) is 13.9. The second-order valence-electron chi connectivity index (χ2n) is 5.15. The molecule has 2 aromatic carbocycles. The van der Waals surface area contributed by atoms with E-state index in [1.807, 2.05) is 0 Å². The third-order valence-corrected chi connectivity index (χ3v) is 3.37. The standard InChI is InChI=1S/C20H14N2O4/c1-26-17-11-8-14(9-12-17)7-10-16(23)13-18(24)19(22-21)20(25)15-5-3-2-4-6-15/h2-6,8-9,11-12H,13H2,1H3. The zero-order valence-corrected chi connectivity index (χ0v) is 13.9. The molecule has 0 bridgehead atoms. The van der Waals surface area contributed by atoms with Gasteiger partial charge in [-0.1, -0.05) is 36.3 Å². The Morgan fingerprint density at radius 3 is 2.27 bits per heavy atom.